The molecular formula is C17H29N. The fourth-order valence-electron chi connectivity index (χ4n) is 1.24. The van der Waals surface area contributed by atoms with Crippen molar-refractivity contribution in [3.8, 4) is 0 Å². The van der Waals surface area contributed by atoms with Crippen LogP contribution in [-0.2, 0) is 0 Å². The number of rotatable bonds is 7. The summed E-state index contributed by atoms with van der Waals surface area (Å²) in [5.74, 6) is 0. The molecule has 0 rings (SSSR count). The Kier molecular flexibility index (Phi) is 16.2. The molecule has 0 aliphatic heterocycles. The van der Waals surface area contributed by atoms with Crippen LogP contribution in [0.5, 0.6) is 0 Å². The van der Waals surface area contributed by atoms with Gasteiger partial charge in [-0.1, -0.05) is 63.8 Å². The van der Waals surface area contributed by atoms with Gasteiger partial charge >= 0.3 is 0 Å². The van der Waals surface area contributed by atoms with Gasteiger partial charge in [-0.15, -0.1) is 0 Å². The van der Waals surface area contributed by atoms with Crippen molar-refractivity contribution >= 4 is 0 Å². The van der Waals surface area contributed by atoms with Crippen molar-refractivity contribution in [3.63, 3.8) is 0 Å². The molecule has 0 spiro atoms. The lowest BCUT2D eigenvalue weighted by Crippen LogP contribution is -1.87. The zero-order valence-electron chi connectivity index (χ0n) is 12.3. The van der Waals surface area contributed by atoms with Crippen molar-refractivity contribution in [2.45, 2.75) is 46.5 Å². The van der Waals surface area contributed by atoms with Crippen LogP contribution >= 0.6 is 0 Å². The van der Waals surface area contributed by atoms with Crippen molar-refractivity contribution in [2.75, 3.05) is 0 Å². The number of unbranched alkanes of at least 4 members (excludes halogenated alkanes) is 1. The predicted molar refractivity (Wildman–Crippen MR) is 85.4 cm³/mol. The van der Waals surface area contributed by atoms with Crippen molar-refractivity contribution < 1.29 is 0 Å². The fraction of sp³-hybridized carbons (Fsp3) is 0.412. The first-order chi connectivity index (χ1) is 8.62. The third-order valence-corrected chi connectivity index (χ3v) is 2.10. The van der Waals surface area contributed by atoms with Crippen LogP contribution in [0, 0.1) is 0 Å². The van der Waals surface area contributed by atoms with Crippen molar-refractivity contribution in [1.82, 2.24) is 0 Å². The minimum atomic E-state index is 0.627. The van der Waals surface area contributed by atoms with Crippen molar-refractivity contribution in [3.05, 3.63) is 60.9 Å². The van der Waals surface area contributed by atoms with Crippen LogP contribution in [0.15, 0.2) is 60.9 Å². The van der Waals surface area contributed by atoms with Crippen LogP contribution in [0.2, 0.25) is 0 Å². The molecule has 1 nitrogen and oxygen atoms in total. The first kappa shape index (κ1) is 18.9. The van der Waals surface area contributed by atoms with E-state index >= 15 is 0 Å². The highest BCUT2D eigenvalue weighted by molar-refractivity contribution is 5.22. The highest BCUT2D eigenvalue weighted by Gasteiger charge is 1.88. The predicted octanol–water partition coefficient (Wildman–Crippen LogP) is 5.29. The highest BCUT2D eigenvalue weighted by atomic mass is 14.5. The van der Waals surface area contributed by atoms with Gasteiger partial charge in [0.25, 0.3) is 0 Å². The maximum absolute atomic E-state index is 5.20. The molecule has 0 atom stereocenters. The van der Waals surface area contributed by atoms with Gasteiger partial charge in [0.2, 0.25) is 0 Å². The van der Waals surface area contributed by atoms with E-state index in [0.717, 1.165) is 6.42 Å². The lowest BCUT2D eigenvalue weighted by molar-refractivity contribution is 0.798. The van der Waals surface area contributed by atoms with Gasteiger partial charge in [0, 0.05) is 5.70 Å². The number of allylic oxidation sites excluding steroid dienone is 7. The van der Waals surface area contributed by atoms with Gasteiger partial charge in [0.15, 0.2) is 0 Å². The standard InChI is InChI=1S/C11H18.C6H11N/c1-4-7-10-11(8-5-2)9-6-3;1-3-4-5-6(2)7/h5-6,8-9H,2,4,7,10H2,1,3H3;4-5H,2-3,7H2,1H3/b9-6-,11-8+;5-4-. The zero-order chi connectivity index (χ0) is 14.2. The van der Waals surface area contributed by atoms with E-state index in [2.05, 4.69) is 45.2 Å². The van der Waals surface area contributed by atoms with Gasteiger partial charge in [-0.25, -0.2) is 0 Å². The Bertz CT molecular complexity index is 293. The topological polar surface area (TPSA) is 26.0 Å². The lowest BCUT2D eigenvalue weighted by atomic mass is 10.1. The molecule has 18 heavy (non-hydrogen) atoms. The average molecular weight is 247 g/mol. The fourth-order valence-corrected chi connectivity index (χ4v) is 1.24. The van der Waals surface area contributed by atoms with Gasteiger partial charge in [-0.2, -0.15) is 0 Å². The van der Waals surface area contributed by atoms with Gasteiger partial charge in [-0.05, 0) is 37.8 Å². The first-order valence-corrected chi connectivity index (χ1v) is 6.67. The summed E-state index contributed by atoms with van der Waals surface area (Å²) in [6.07, 6.45) is 16.7. The molecule has 0 saturated carbocycles. The van der Waals surface area contributed by atoms with Crippen LogP contribution in [0.3, 0.4) is 0 Å². The normalized spacial score (nSPS) is 11.4. The highest BCUT2D eigenvalue weighted by Crippen LogP contribution is 2.08. The number of hydrogen-bond donors (Lipinski definition) is 1. The quantitative estimate of drug-likeness (QED) is 0.608. The average Bonchev–Trinajstić information content (AvgIpc) is 2.34. The molecule has 0 heterocycles. The zero-order valence-corrected chi connectivity index (χ0v) is 12.3. The molecule has 0 radical (unpaired) electrons. The van der Waals surface area contributed by atoms with E-state index in [4.69, 9.17) is 5.73 Å². The summed E-state index contributed by atoms with van der Waals surface area (Å²) >= 11 is 0. The molecule has 1 heteroatoms. The van der Waals surface area contributed by atoms with Crippen molar-refractivity contribution in [1.29, 1.82) is 0 Å². The van der Waals surface area contributed by atoms with E-state index in [1.165, 1.54) is 24.8 Å². The summed E-state index contributed by atoms with van der Waals surface area (Å²) < 4.78 is 0. The van der Waals surface area contributed by atoms with Crippen LogP contribution in [-0.4, -0.2) is 0 Å². The second-order valence-corrected chi connectivity index (χ2v) is 3.97. The minimum absolute atomic E-state index is 0.627. The van der Waals surface area contributed by atoms with Gasteiger partial charge in [0.1, 0.15) is 0 Å². The Balaban J connectivity index is 0. The van der Waals surface area contributed by atoms with E-state index in [1.807, 2.05) is 19.1 Å². The molecule has 0 aromatic heterocycles. The summed E-state index contributed by atoms with van der Waals surface area (Å²) in [5, 5.41) is 0. The van der Waals surface area contributed by atoms with Gasteiger partial charge < -0.3 is 5.73 Å². The maximum atomic E-state index is 5.20. The van der Waals surface area contributed by atoms with Crippen molar-refractivity contribution in [2.24, 2.45) is 5.73 Å². The molecule has 0 fully saturated rings. The Labute approximate surface area is 113 Å². The third kappa shape index (κ3) is 16.9. The SMILES string of the molecule is C=C(N)/C=C\CC.C=C/C=C(\C=C/C)CCCC. The molecule has 0 saturated heterocycles. The summed E-state index contributed by atoms with van der Waals surface area (Å²) in [5.41, 5.74) is 7.20. The van der Waals surface area contributed by atoms with Crippen LogP contribution < -0.4 is 5.73 Å². The lowest BCUT2D eigenvalue weighted by Gasteiger charge is -1.97. The third-order valence-electron chi connectivity index (χ3n) is 2.10. The molecule has 0 aliphatic rings. The molecule has 0 aromatic rings. The van der Waals surface area contributed by atoms with Crippen LogP contribution in [0.1, 0.15) is 46.5 Å². The summed E-state index contributed by atoms with van der Waals surface area (Å²) in [4.78, 5) is 0. The second-order valence-electron chi connectivity index (χ2n) is 3.97. The van der Waals surface area contributed by atoms with E-state index < -0.39 is 0 Å². The Morgan fingerprint density at radius 1 is 1.22 bits per heavy atom. The molecule has 0 aromatic carbocycles. The summed E-state index contributed by atoms with van der Waals surface area (Å²) in [6, 6.07) is 0. The molecule has 2 N–H and O–H groups in total. The summed E-state index contributed by atoms with van der Waals surface area (Å²) in [6.45, 7) is 13.5. The Hall–Kier alpha value is -1.50. The smallest absolute Gasteiger partial charge is 0.0237 e. The van der Waals surface area contributed by atoms with E-state index in [9.17, 15) is 0 Å². The van der Waals surface area contributed by atoms with E-state index in [-0.39, 0.29) is 0 Å². The van der Waals surface area contributed by atoms with Crippen LogP contribution in [0.25, 0.3) is 0 Å². The Morgan fingerprint density at radius 3 is 2.22 bits per heavy atom. The largest absolute Gasteiger partial charge is 0.399 e. The van der Waals surface area contributed by atoms with Crippen LogP contribution in [0.4, 0.5) is 0 Å². The first-order valence-electron chi connectivity index (χ1n) is 6.67. The monoisotopic (exact) mass is 247 g/mol. The molecule has 0 amide bonds. The minimum Gasteiger partial charge on any atom is -0.399 e. The maximum Gasteiger partial charge on any atom is 0.0237 e. The molecule has 0 aliphatic carbocycles. The summed E-state index contributed by atoms with van der Waals surface area (Å²) in [7, 11) is 0. The molecule has 0 bridgehead atoms. The van der Waals surface area contributed by atoms with Gasteiger partial charge in [0.05, 0.1) is 0 Å². The number of nitrogens with two attached hydrogens (primary N) is 1. The molecule has 102 valence electrons. The van der Waals surface area contributed by atoms with E-state index in [1.54, 1.807) is 6.08 Å². The number of hydrogen-bond acceptors (Lipinski definition) is 1. The molecular weight excluding hydrogens is 218 g/mol. The van der Waals surface area contributed by atoms with Gasteiger partial charge in [-0.3, -0.25) is 0 Å². The second kappa shape index (κ2) is 15.5. The Morgan fingerprint density at radius 2 is 1.89 bits per heavy atom. The van der Waals surface area contributed by atoms with E-state index in [0.29, 0.717) is 5.70 Å². The molecule has 0 unspecified atom stereocenters.